The summed E-state index contributed by atoms with van der Waals surface area (Å²) >= 11 is 0. The van der Waals surface area contributed by atoms with Gasteiger partial charge in [0, 0.05) is 33.1 Å². The van der Waals surface area contributed by atoms with E-state index >= 15 is 0 Å². The van der Waals surface area contributed by atoms with Crippen molar-refractivity contribution in [1.29, 1.82) is 0 Å². The lowest BCUT2D eigenvalue weighted by Crippen LogP contribution is -2.33. The normalized spacial score (nSPS) is 24.4. The number of nitrogens with one attached hydrogen (secondary N) is 1. The van der Waals surface area contributed by atoms with Crippen LogP contribution in [-0.2, 0) is 17.4 Å². The van der Waals surface area contributed by atoms with E-state index in [0.29, 0.717) is 0 Å². The van der Waals surface area contributed by atoms with Crippen LogP contribution in [0.5, 0.6) is 0 Å². The molecule has 0 radical (unpaired) electrons. The summed E-state index contributed by atoms with van der Waals surface area (Å²) in [6.45, 7) is 1.86. The Morgan fingerprint density at radius 1 is 1.53 bits per heavy atom. The Morgan fingerprint density at radius 2 is 2.27 bits per heavy atom. The minimum atomic E-state index is -0.210. The molecule has 2 heterocycles. The first-order valence-corrected chi connectivity index (χ1v) is 4.52. The number of methoxy groups -OCH3 is 1. The van der Waals surface area contributed by atoms with Crippen LogP contribution in [0, 0.1) is 0 Å². The maximum atomic E-state index is 5.58. The smallest absolute Gasteiger partial charge is 0.142 e. The van der Waals surface area contributed by atoms with E-state index in [1.54, 1.807) is 7.11 Å². The molecule has 1 fully saturated rings. The van der Waals surface area contributed by atoms with Gasteiger partial charge in [0.2, 0.25) is 0 Å². The molecule has 0 amide bonds. The second-order valence-electron chi connectivity index (χ2n) is 3.49. The number of aryl methyl sites for hydroxylation is 1. The second-order valence-corrected chi connectivity index (χ2v) is 3.49. The summed E-state index contributed by atoms with van der Waals surface area (Å²) in [5.74, 6) is 1.01. The number of hydrogen-bond acceptors (Lipinski definition) is 3. The van der Waals surface area contributed by atoms with Gasteiger partial charge in [0.15, 0.2) is 0 Å². The predicted molar refractivity (Wildman–Crippen MR) is 63.9 cm³/mol. The summed E-state index contributed by atoms with van der Waals surface area (Å²) in [5, 5.41) is 3.30. The molecule has 1 aromatic heterocycles. The number of halogens is 2. The van der Waals surface area contributed by atoms with E-state index in [4.69, 9.17) is 4.74 Å². The van der Waals surface area contributed by atoms with Crippen LogP contribution in [-0.4, -0.2) is 29.8 Å². The van der Waals surface area contributed by atoms with Gasteiger partial charge in [-0.3, -0.25) is 0 Å². The third-order valence-electron chi connectivity index (χ3n) is 2.74. The number of aromatic nitrogens is 2. The van der Waals surface area contributed by atoms with Crippen LogP contribution >= 0.6 is 24.8 Å². The number of imidazole rings is 1. The standard InChI is InChI=1S/C9H15N3O.2ClH/c1-12-6-5-11-8(12)9(13-2)3-4-10-7-9;;/h5-6,10H,3-4,7H2,1-2H3;2*1H. The van der Waals surface area contributed by atoms with Crippen LogP contribution in [0.2, 0.25) is 0 Å². The highest BCUT2D eigenvalue weighted by Crippen LogP contribution is 2.29. The van der Waals surface area contributed by atoms with Crippen molar-refractivity contribution < 1.29 is 4.74 Å². The molecule has 1 aromatic rings. The van der Waals surface area contributed by atoms with Crippen molar-refractivity contribution in [2.45, 2.75) is 12.0 Å². The summed E-state index contributed by atoms with van der Waals surface area (Å²) in [6, 6.07) is 0. The minimum Gasteiger partial charge on any atom is -0.369 e. The van der Waals surface area contributed by atoms with E-state index in [9.17, 15) is 0 Å². The monoisotopic (exact) mass is 253 g/mol. The Bertz CT molecular complexity index is 297. The molecule has 0 spiro atoms. The predicted octanol–water partition coefficient (Wildman–Crippen LogP) is 1.10. The molecule has 4 nitrogen and oxygen atoms in total. The molecule has 88 valence electrons. The molecule has 1 unspecified atom stereocenters. The van der Waals surface area contributed by atoms with Crippen molar-refractivity contribution in [3.05, 3.63) is 18.2 Å². The fourth-order valence-corrected chi connectivity index (χ4v) is 1.93. The quantitative estimate of drug-likeness (QED) is 0.859. The van der Waals surface area contributed by atoms with Gasteiger partial charge in [0.25, 0.3) is 0 Å². The SMILES string of the molecule is COC1(c2nccn2C)CCNC1.Cl.Cl. The van der Waals surface area contributed by atoms with E-state index in [-0.39, 0.29) is 30.4 Å². The lowest BCUT2D eigenvalue weighted by Gasteiger charge is -2.25. The molecule has 6 heteroatoms. The third-order valence-corrected chi connectivity index (χ3v) is 2.74. The average Bonchev–Trinajstić information content (AvgIpc) is 2.73. The fraction of sp³-hybridized carbons (Fsp3) is 0.667. The fourth-order valence-electron chi connectivity index (χ4n) is 1.93. The topological polar surface area (TPSA) is 39.1 Å². The third kappa shape index (κ3) is 2.45. The van der Waals surface area contributed by atoms with Crippen LogP contribution in [0.3, 0.4) is 0 Å². The molecular formula is C9H17Cl2N3O. The summed E-state index contributed by atoms with van der Waals surface area (Å²) in [5.41, 5.74) is -0.210. The number of hydrogen-bond donors (Lipinski definition) is 1. The summed E-state index contributed by atoms with van der Waals surface area (Å²) in [6.07, 6.45) is 4.76. The zero-order valence-electron chi connectivity index (χ0n) is 8.90. The largest absolute Gasteiger partial charge is 0.369 e. The van der Waals surface area contributed by atoms with E-state index in [0.717, 1.165) is 25.3 Å². The van der Waals surface area contributed by atoms with Gasteiger partial charge in [0.05, 0.1) is 0 Å². The van der Waals surface area contributed by atoms with Crippen molar-refractivity contribution in [3.8, 4) is 0 Å². The van der Waals surface area contributed by atoms with Gasteiger partial charge in [0.1, 0.15) is 11.4 Å². The minimum absolute atomic E-state index is 0. The molecule has 1 atom stereocenters. The highest BCUT2D eigenvalue weighted by atomic mass is 35.5. The Morgan fingerprint density at radius 3 is 2.67 bits per heavy atom. The van der Waals surface area contributed by atoms with Gasteiger partial charge in [-0.1, -0.05) is 0 Å². The molecule has 0 aliphatic carbocycles. The van der Waals surface area contributed by atoms with E-state index < -0.39 is 0 Å². The molecule has 1 saturated heterocycles. The average molecular weight is 254 g/mol. The van der Waals surface area contributed by atoms with Crippen molar-refractivity contribution in [2.24, 2.45) is 7.05 Å². The molecular weight excluding hydrogens is 237 g/mol. The van der Waals surface area contributed by atoms with Crippen LogP contribution in [0.1, 0.15) is 12.2 Å². The Kier molecular flexibility index (Phi) is 5.59. The molecule has 0 bridgehead atoms. The van der Waals surface area contributed by atoms with Gasteiger partial charge in [-0.25, -0.2) is 4.98 Å². The second kappa shape index (κ2) is 5.70. The van der Waals surface area contributed by atoms with Crippen LogP contribution in [0.4, 0.5) is 0 Å². The molecule has 0 aromatic carbocycles. The maximum Gasteiger partial charge on any atom is 0.142 e. The molecule has 1 aliphatic heterocycles. The number of ether oxygens (including phenoxy) is 1. The first-order chi connectivity index (χ1) is 6.28. The Balaban J connectivity index is 0.000000980. The van der Waals surface area contributed by atoms with Crippen molar-refractivity contribution in [2.75, 3.05) is 20.2 Å². The van der Waals surface area contributed by atoms with Gasteiger partial charge >= 0.3 is 0 Å². The van der Waals surface area contributed by atoms with Gasteiger partial charge < -0.3 is 14.6 Å². The summed E-state index contributed by atoms with van der Waals surface area (Å²) in [7, 11) is 3.75. The number of rotatable bonds is 2. The first-order valence-electron chi connectivity index (χ1n) is 4.52. The highest BCUT2D eigenvalue weighted by Gasteiger charge is 2.38. The van der Waals surface area contributed by atoms with Crippen LogP contribution in [0.15, 0.2) is 12.4 Å². The van der Waals surface area contributed by atoms with E-state index in [1.165, 1.54) is 0 Å². The Labute approximate surface area is 102 Å². The molecule has 1 aliphatic rings. The lowest BCUT2D eigenvalue weighted by atomic mass is 10.0. The zero-order valence-corrected chi connectivity index (χ0v) is 10.5. The Hall–Kier alpha value is -0.290. The van der Waals surface area contributed by atoms with Crippen molar-refractivity contribution in [3.63, 3.8) is 0 Å². The van der Waals surface area contributed by atoms with Gasteiger partial charge in [-0.15, -0.1) is 24.8 Å². The van der Waals surface area contributed by atoms with Crippen LogP contribution in [0.25, 0.3) is 0 Å². The van der Waals surface area contributed by atoms with Crippen molar-refractivity contribution in [1.82, 2.24) is 14.9 Å². The van der Waals surface area contributed by atoms with Crippen molar-refractivity contribution >= 4 is 24.8 Å². The molecule has 15 heavy (non-hydrogen) atoms. The van der Waals surface area contributed by atoms with Gasteiger partial charge in [-0.05, 0) is 13.0 Å². The zero-order chi connectivity index (χ0) is 9.31. The molecule has 2 rings (SSSR count). The van der Waals surface area contributed by atoms with Gasteiger partial charge in [-0.2, -0.15) is 0 Å². The first kappa shape index (κ1) is 14.7. The maximum absolute atomic E-state index is 5.58. The van der Waals surface area contributed by atoms with E-state index in [2.05, 4.69) is 10.3 Å². The van der Waals surface area contributed by atoms with E-state index in [1.807, 2.05) is 24.0 Å². The summed E-state index contributed by atoms with van der Waals surface area (Å²) in [4.78, 5) is 4.34. The number of nitrogens with zero attached hydrogens (tertiary/aromatic N) is 2. The highest BCUT2D eigenvalue weighted by molar-refractivity contribution is 5.85. The summed E-state index contributed by atoms with van der Waals surface area (Å²) < 4.78 is 7.60. The lowest BCUT2D eigenvalue weighted by molar-refractivity contribution is -0.00645. The molecule has 1 N–H and O–H groups in total. The van der Waals surface area contributed by atoms with Crippen LogP contribution < -0.4 is 5.32 Å². The molecule has 0 saturated carbocycles.